The molecule has 0 spiro atoms. The molecule has 0 saturated heterocycles. The third-order valence-electron chi connectivity index (χ3n) is 4.44. The summed E-state index contributed by atoms with van der Waals surface area (Å²) in [5.74, 6) is -1.11. The number of carbonyl (C=O) groups is 2. The van der Waals surface area contributed by atoms with Gasteiger partial charge in [-0.25, -0.2) is 0 Å². The van der Waals surface area contributed by atoms with Gasteiger partial charge < -0.3 is 10.0 Å². The van der Waals surface area contributed by atoms with Crippen LogP contribution in [0.3, 0.4) is 0 Å². The van der Waals surface area contributed by atoms with E-state index in [9.17, 15) is 14.7 Å². The average Bonchev–Trinajstić information content (AvgIpc) is 2.70. The molecule has 4 heteroatoms. The van der Waals surface area contributed by atoms with Crippen molar-refractivity contribution in [1.29, 1.82) is 0 Å². The van der Waals surface area contributed by atoms with Gasteiger partial charge in [-0.05, 0) is 31.0 Å². The van der Waals surface area contributed by atoms with E-state index < -0.39 is 11.4 Å². The molecule has 23 heavy (non-hydrogen) atoms. The highest BCUT2D eigenvalue weighted by Gasteiger charge is 2.48. The fourth-order valence-corrected chi connectivity index (χ4v) is 3.25. The molecule has 118 valence electrons. The molecule has 1 heterocycles. The molecule has 4 nitrogen and oxygen atoms in total. The zero-order chi connectivity index (χ0) is 16.6. The van der Waals surface area contributed by atoms with Gasteiger partial charge in [0.05, 0.1) is 18.4 Å². The highest BCUT2D eigenvalue weighted by molar-refractivity contribution is 6.09. The van der Waals surface area contributed by atoms with E-state index in [1.807, 2.05) is 55.5 Å². The molecular formula is C19H19NO3. The molecule has 0 fully saturated rings. The molecule has 1 aliphatic heterocycles. The number of anilines is 1. The van der Waals surface area contributed by atoms with Gasteiger partial charge in [0.15, 0.2) is 0 Å². The van der Waals surface area contributed by atoms with E-state index in [-0.39, 0.29) is 12.3 Å². The predicted molar refractivity (Wildman–Crippen MR) is 88.4 cm³/mol. The first-order valence-electron chi connectivity index (χ1n) is 7.60. The van der Waals surface area contributed by atoms with Gasteiger partial charge in [0.25, 0.3) is 0 Å². The fourth-order valence-electron chi connectivity index (χ4n) is 3.25. The summed E-state index contributed by atoms with van der Waals surface area (Å²) in [4.78, 5) is 26.0. The van der Waals surface area contributed by atoms with Gasteiger partial charge in [-0.1, -0.05) is 48.0 Å². The minimum Gasteiger partial charge on any atom is -0.481 e. The lowest BCUT2D eigenvalue weighted by Gasteiger charge is -2.23. The number of carboxylic acids is 1. The third-order valence-corrected chi connectivity index (χ3v) is 4.44. The van der Waals surface area contributed by atoms with Crippen LogP contribution in [-0.2, 0) is 21.5 Å². The van der Waals surface area contributed by atoms with Crippen molar-refractivity contribution in [3.63, 3.8) is 0 Å². The van der Waals surface area contributed by atoms with Crippen LogP contribution in [0.4, 0.5) is 5.69 Å². The second kappa shape index (κ2) is 5.54. The van der Waals surface area contributed by atoms with Crippen molar-refractivity contribution in [1.82, 2.24) is 0 Å². The van der Waals surface area contributed by atoms with Crippen LogP contribution in [0.25, 0.3) is 0 Å². The maximum atomic E-state index is 13.0. The van der Waals surface area contributed by atoms with Crippen LogP contribution >= 0.6 is 0 Å². The van der Waals surface area contributed by atoms with Gasteiger partial charge >= 0.3 is 5.97 Å². The molecule has 0 aromatic heterocycles. The smallest absolute Gasteiger partial charge is 0.304 e. The molecule has 1 atom stereocenters. The SMILES string of the molecule is Cc1ccc2c(c1)[C@@](C)(CC(=O)O)C(=O)N2Cc1ccccc1. The first kappa shape index (κ1) is 15.3. The summed E-state index contributed by atoms with van der Waals surface area (Å²) >= 11 is 0. The van der Waals surface area contributed by atoms with Gasteiger partial charge in [-0.15, -0.1) is 0 Å². The summed E-state index contributed by atoms with van der Waals surface area (Å²) in [6.07, 6.45) is -0.201. The van der Waals surface area contributed by atoms with Gasteiger partial charge in [0, 0.05) is 5.69 Å². The Balaban J connectivity index is 2.06. The number of aliphatic carboxylic acids is 1. The highest BCUT2D eigenvalue weighted by Crippen LogP contribution is 2.44. The van der Waals surface area contributed by atoms with E-state index in [2.05, 4.69) is 0 Å². The van der Waals surface area contributed by atoms with Crippen LogP contribution in [0.2, 0.25) is 0 Å². The summed E-state index contributed by atoms with van der Waals surface area (Å²) in [5.41, 5.74) is 2.65. The van der Waals surface area contributed by atoms with Crippen LogP contribution < -0.4 is 4.90 Å². The van der Waals surface area contributed by atoms with Crippen molar-refractivity contribution in [3.8, 4) is 0 Å². The number of nitrogens with zero attached hydrogens (tertiary/aromatic N) is 1. The Kier molecular flexibility index (Phi) is 3.68. The lowest BCUT2D eigenvalue weighted by Crippen LogP contribution is -2.39. The zero-order valence-corrected chi connectivity index (χ0v) is 13.2. The molecule has 2 aromatic rings. The number of hydrogen-bond donors (Lipinski definition) is 1. The van der Waals surface area contributed by atoms with Crippen molar-refractivity contribution in [2.24, 2.45) is 0 Å². The van der Waals surface area contributed by atoms with E-state index >= 15 is 0 Å². The average molecular weight is 309 g/mol. The van der Waals surface area contributed by atoms with Gasteiger partial charge in [-0.3, -0.25) is 9.59 Å². The van der Waals surface area contributed by atoms with E-state index in [0.717, 1.165) is 22.4 Å². The maximum absolute atomic E-state index is 13.0. The second-order valence-electron chi connectivity index (χ2n) is 6.30. The lowest BCUT2D eigenvalue weighted by molar-refractivity contribution is -0.141. The Morgan fingerprint density at radius 3 is 2.52 bits per heavy atom. The Morgan fingerprint density at radius 2 is 1.87 bits per heavy atom. The van der Waals surface area contributed by atoms with Crippen LogP contribution in [-0.4, -0.2) is 17.0 Å². The number of fused-ring (bicyclic) bond motifs is 1. The molecular weight excluding hydrogens is 290 g/mol. The van der Waals surface area contributed by atoms with Crippen molar-refractivity contribution < 1.29 is 14.7 Å². The molecule has 1 aliphatic rings. The van der Waals surface area contributed by atoms with Gasteiger partial charge in [0.1, 0.15) is 0 Å². The molecule has 0 aliphatic carbocycles. The standard InChI is InChI=1S/C19H19NO3/c1-13-8-9-16-15(10-13)19(2,11-17(21)22)18(23)20(16)12-14-6-4-3-5-7-14/h3-10H,11-12H2,1-2H3,(H,21,22)/t19-/m1/s1. The molecule has 3 rings (SSSR count). The van der Waals surface area contributed by atoms with E-state index in [1.165, 1.54) is 0 Å². The van der Waals surface area contributed by atoms with Crippen LogP contribution in [0.5, 0.6) is 0 Å². The minimum atomic E-state index is -1.01. The fraction of sp³-hybridized carbons (Fsp3) is 0.263. The number of benzene rings is 2. The Morgan fingerprint density at radius 1 is 1.17 bits per heavy atom. The summed E-state index contributed by atoms with van der Waals surface area (Å²) in [7, 11) is 0. The van der Waals surface area contributed by atoms with Crippen molar-refractivity contribution in [3.05, 3.63) is 65.2 Å². The predicted octanol–water partition coefficient (Wildman–Crippen LogP) is 3.27. The van der Waals surface area contributed by atoms with E-state index in [4.69, 9.17) is 0 Å². The molecule has 0 radical (unpaired) electrons. The second-order valence-corrected chi connectivity index (χ2v) is 6.30. The quantitative estimate of drug-likeness (QED) is 0.943. The lowest BCUT2D eigenvalue weighted by atomic mass is 9.80. The van der Waals surface area contributed by atoms with Crippen LogP contribution in [0, 0.1) is 6.92 Å². The number of amides is 1. The number of carbonyl (C=O) groups excluding carboxylic acids is 1. The number of aryl methyl sites for hydroxylation is 1. The van der Waals surface area contributed by atoms with Crippen molar-refractivity contribution in [2.75, 3.05) is 4.90 Å². The Bertz CT molecular complexity index is 769. The summed E-state index contributed by atoms with van der Waals surface area (Å²) in [5, 5.41) is 9.26. The normalized spacial score (nSPS) is 19.7. The topological polar surface area (TPSA) is 57.6 Å². The maximum Gasteiger partial charge on any atom is 0.304 e. The van der Waals surface area contributed by atoms with Crippen molar-refractivity contribution >= 4 is 17.6 Å². The van der Waals surface area contributed by atoms with Crippen LogP contribution in [0.15, 0.2) is 48.5 Å². The molecule has 0 saturated carbocycles. The molecule has 1 amide bonds. The monoisotopic (exact) mass is 309 g/mol. The van der Waals surface area contributed by atoms with Crippen LogP contribution in [0.1, 0.15) is 30.0 Å². The molecule has 1 N–H and O–H groups in total. The number of carboxylic acid groups (broad SMARTS) is 1. The molecule has 0 unspecified atom stereocenters. The highest BCUT2D eigenvalue weighted by atomic mass is 16.4. The molecule has 0 bridgehead atoms. The zero-order valence-electron chi connectivity index (χ0n) is 13.2. The Labute approximate surface area is 135 Å². The van der Waals surface area contributed by atoms with E-state index in [1.54, 1.807) is 11.8 Å². The minimum absolute atomic E-state index is 0.149. The van der Waals surface area contributed by atoms with Gasteiger partial charge in [-0.2, -0.15) is 0 Å². The summed E-state index contributed by atoms with van der Waals surface area (Å²) < 4.78 is 0. The molecule has 2 aromatic carbocycles. The Hall–Kier alpha value is -2.62. The first-order chi connectivity index (χ1) is 10.9. The van der Waals surface area contributed by atoms with Crippen molar-refractivity contribution in [2.45, 2.75) is 32.2 Å². The summed E-state index contributed by atoms with van der Waals surface area (Å²) in [6.45, 7) is 4.13. The number of hydrogen-bond acceptors (Lipinski definition) is 2. The number of rotatable bonds is 4. The summed E-state index contributed by atoms with van der Waals surface area (Å²) in [6, 6.07) is 15.5. The largest absolute Gasteiger partial charge is 0.481 e. The first-order valence-corrected chi connectivity index (χ1v) is 7.60. The van der Waals surface area contributed by atoms with E-state index in [0.29, 0.717) is 6.54 Å². The third kappa shape index (κ3) is 2.61. The van der Waals surface area contributed by atoms with Gasteiger partial charge in [0.2, 0.25) is 5.91 Å².